The predicted octanol–water partition coefficient (Wildman–Crippen LogP) is 1.54. The van der Waals surface area contributed by atoms with E-state index in [0.29, 0.717) is 6.42 Å². The Kier molecular flexibility index (Phi) is 1.36. The Morgan fingerprint density at radius 1 is 2.29 bits per heavy atom. The van der Waals surface area contributed by atoms with E-state index in [4.69, 9.17) is 4.11 Å². The number of hydrogen-bond donors (Lipinski definition) is 0. The van der Waals surface area contributed by atoms with Crippen molar-refractivity contribution < 1.29 is 8.91 Å². The largest absolute Gasteiger partial charge is 0.295 e. The van der Waals surface area contributed by atoms with Crippen LogP contribution in [-0.4, -0.2) is 5.78 Å². The fourth-order valence-corrected chi connectivity index (χ4v) is 0.290. The van der Waals surface area contributed by atoms with Gasteiger partial charge in [0, 0.05) is 6.42 Å². The van der Waals surface area contributed by atoms with Gasteiger partial charge in [-0.25, -0.2) is 0 Å². The van der Waals surface area contributed by atoms with Gasteiger partial charge < -0.3 is 0 Å². The summed E-state index contributed by atoms with van der Waals surface area (Å²) in [5, 5.41) is 0. The van der Waals surface area contributed by atoms with Crippen LogP contribution in [0.1, 0.15) is 23.9 Å². The molecule has 0 heterocycles. The summed E-state index contributed by atoms with van der Waals surface area (Å²) in [6, 6.07) is -0.484. The van der Waals surface area contributed by atoms with Crippen LogP contribution < -0.4 is 0 Å². The lowest BCUT2D eigenvalue weighted by Gasteiger charge is -1.82. The van der Waals surface area contributed by atoms with Crippen molar-refractivity contribution in [2.75, 3.05) is 0 Å². The number of carbonyl (C=O) groups excluding carboxylic acids is 1. The number of hydrogen-bond acceptors (Lipinski definition) is 1. The van der Waals surface area contributed by atoms with Crippen molar-refractivity contribution in [1.29, 1.82) is 0 Å². The molecule has 7 heavy (non-hydrogen) atoms. The summed E-state index contributed by atoms with van der Waals surface area (Å²) in [5.41, 5.74) is 0. The minimum Gasteiger partial charge on any atom is -0.295 e. The quantitative estimate of drug-likeness (QED) is 0.493. The lowest BCUT2D eigenvalue weighted by atomic mass is 10.2. The molecule has 0 N–H and O–H groups in total. The number of rotatable bonds is 3. The summed E-state index contributed by atoms with van der Waals surface area (Å²) in [4.78, 5) is 10.7. The molecular weight excluding hydrogens is 88.1 g/mol. The highest BCUT2D eigenvalue weighted by molar-refractivity contribution is 5.88. The second-order valence-electron chi connectivity index (χ2n) is 1.30. The van der Waals surface area contributed by atoms with Gasteiger partial charge in [0.05, 0.1) is 4.11 Å². The van der Waals surface area contributed by atoms with Crippen LogP contribution >= 0.6 is 0 Å². The fourth-order valence-electron chi connectivity index (χ4n) is 0.290. The van der Waals surface area contributed by atoms with Gasteiger partial charge in [0.2, 0.25) is 0 Å². The van der Waals surface area contributed by atoms with Crippen molar-refractivity contribution in [3.8, 4) is 0 Å². The molecule has 0 aromatic heterocycles. The van der Waals surface area contributed by atoms with E-state index < -0.39 is 18.4 Å². The molecule has 0 atom stereocenters. The summed E-state index contributed by atoms with van der Waals surface area (Å²) in [5.74, 6) is -0.414. The monoisotopic (exact) mass is 101 g/mol. The minimum absolute atomic E-state index is 0.264. The first-order chi connectivity index (χ1) is 4.59. The standard InChI is InChI=1S/C6H10O/c1-3-5-6(7)4-2/h4H,2-3,5H2,1H3/i2D2,4D. The molecule has 0 spiro atoms. The van der Waals surface area contributed by atoms with Crippen LogP contribution in [0.15, 0.2) is 12.6 Å². The zero-order valence-corrected chi connectivity index (χ0v) is 4.32. The lowest BCUT2D eigenvalue weighted by Crippen LogP contribution is -1.87. The second-order valence-corrected chi connectivity index (χ2v) is 1.30. The third-order valence-electron chi connectivity index (χ3n) is 0.616. The van der Waals surface area contributed by atoms with Crippen molar-refractivity contribution >= 4 is 5.78 Å². The topological polar surface area (TPSA) is 17.1 Å². The van der Waals surface area contributed by atoms with E-state index in [1.165, 1.54) is 0 Å². The van der Waals surface area contributed by atoms with Gasteiger partial charge >= 0.3 is 0 Å². The highest BCUT2D eigenvalue weighted by Gasteiger charge is 1.87. The molecule has 0 amide bonds. The van der Waals surface area contributed by atoms with Crippen LogP contribution in [-0.2, 0) is 4.79 Å². The van der Waals surface area contributed by atoms with Gasteiger partial charge in [0.25, 0.3) is 0 Å². The Morgan fingerprint density at radius 3 is 3.43 bits per heavy atom. The van der Waals surface area contributed by atoms with E-state index in [1.54, 1.807) is 0 Å². The molecule has 0 aromatic rings. The van der Waals surface area contributed by atoms with Crippen molar-refractivity contribution in [3.63, 3.8) is 0 Å². The van der Waals surface area contributed by atoms with Crippen molar-refractivity contribution in [2.24, 2.45) is 0 Å². The van der Waals surface area contributed by atoms with Crippen LogP contribution in [0.2, 0.25) is 0 Å². The maximum Gasteiger partial charge on any atom is 0.155 e. The van der Waals surface area contributed by atoms with Gasteiger partial charge in [-0.05, 0) is 12.5 Å². The van der Waals surface area contributed by atoms with E-state index >= 15 is 0 Å². The molecule has 0 fully saturated rings. The maximum absolute atomic E-state index is 10.7. The first-order valence-electron chi connectivity index (χ1n) is 3.76. The molecular formula is C6H10O. The molecule has 0 aliphatic carbocycles. The third kappa shape index (κ3) is 3.23. The van der Waals surface area contributed by atoms with E-state index in [-0.39, 0.29) is 6.42 Å². The Bertz CT molecular complexity index is 158. The molecule has 0 saturated carbocycles. The zero-order chi connectivity index (χ0) is 8.15. The van der Waals surface area contributed by atoms with Crippen LogP contribution in [0, 0.1) is 0 Å². The molecule has 40 valence electrons. The summed E-state index contributed by atoms with van der Waals surface area (Å²) in [6.07, 6.45) is 0.925. The number of allylic oxidation sites excluding steroid dienone is 1. The molecule has 0 saturated heterocycles. The van der Waals surface area contributed by atoms with Gasteiger partial charge in [0.15, 0.2) is 5.78 Å². The van der Waals surface area contributed by atoms with Crippen molar-refractivity contribution in [1.82, 2.24) is 0 Å². The van der Waals surface area contributed by atoms with Gasteiger partial charge in [-0.2, -0.15) is 0 Å². The fraction of sp³-hybridized carbons (Fsp3) is 0.500. The number of carbonyl (C=O) groups is 1. The SMILES string of the molecule is [2H]C([2H])=C([2H])C(=O)CCC. The van der Waals surface area contributed by atoms with Gasteiger partial charge in [-0.3, -0.25) is 4.79 Å². The summed E-state index contributed by atoms with van der Waals surface area (Å²) in [7, 11) is 0. The molecule has 0 unspecified atom stereocenters. The second kappa shape index (κ2) is 3.59. The van der Waals surface area contributed by atoms with E-state index in [1.807, 2.05) is 6.92 Å². The van der Waals surface area contributed by atoms with E-state index in [9.17, 15) is 4.79 Å². The first kappa shape index (κ1) is 2.65. The Morgan fingerprint density at radius 2 is 3.00 bits per heavy atom. The molecule has 0 aromatic carbocycles. The Balaban J connectivity index is 4.09. The maximum atomic E-state index is 10.7. The Hall–Kier alpha value is -0.590. The van der Waals surface area contributed by atoms with Crippen LogP contribution in [0.25, 0.3) is 0 Å². The highest BCUT2D eigenvalue weighted by Crippen LogP contribution is 1.87. The van der Waals surface area contributed by atoms with E-state index in [0.717, 1.165) is 0 Å². The van der Waals surface area contributed by atoms with Gasteiger partial charge in [-0.15, -0.1) is 0 Å². The third-order valence-corrected chi connectivity index (χ3v) is 0.616. The zero-order valence-electron chi connectivity index (χ0n) is 7.32. The van der Waals surface area contributed by atoms with Crippen molar-refractivity contribution in [3.05, 3.63) is 12.6 Å². The van der Waals surface area contributed by atoms with Crippen LogP contribution in [0.3, 0.4) is 0 Å². The van der Waals surface area contributed by atoms with E-state index in [2.05, 4.69) is 0 Å². The lowest BCUT2D eigenvalue weighted by molar-refractivity contribution is -0.114. The molecule has 0 radical (unpaired) electrons. The van der Waals surface area contributed by atoms with Gasteiger partial charge in [0.1, 0.15) is 0 Å². The van der Waals surface area contributed by atoms with Crippen LogP contribution in [0.4, 0.5) is 0 Å². The summed E-state index contributed by atoms with van der Waals surface area (Å²) < 4.78 is 20.2. The minimum atomic E-state index is -0.696. The molecule has 0 aliphatic rings. The van der Waals surface area contributed by atoms with Gasteiger partial charge in [-0.1, -0.05) is 13.5 Å². The average Bonchev–Trinajstić information content (AvgIpc) is 1.87. The average molecular weight is 101 g/mol. The molecule has 0 aliphatic heterocycles. The van der Waals surface area contributed by atoms with Crippen molar-refractivity contribution in [2.45, 2.75) is 19.8 Å². The predicted molar refractivity (Wildman–Crippen MR) is 30.1 cm³/mol. The first-order valence-corrected chi connectivity index (χ1v) is 2.26. The summed E-state index contributed by atoms with van der Waals surface area (Å²) in [6.45, 7) is 1.12. The molecule has 1 heteroatoms. The molecule has 0 bridgehead atoms. The molecule has 0 rings (SSSR count). The Labute approximate surface area is 48.3 Å². The van der Waals surface area contributed by atoms with Crippen LogP contribution in [0.5, 0.6) is 0 Å². The molecule has 1 nitrogen and oxygen atoms in total. The summed E-state index contributed by atoms with van der Waals surface area (Å²) >= 11 is 0. The smallest absolute Gasteiger partial charge is 0.155 e. The number of ketones is 1. The highest BCUT2D eigenvalue weighted by atomic mass is 16.1. The normalized spacial score (nSPS) is 13.6.